The molecule has 1 aromatic rings. The van der Waals surface area contributed by atoms with Crippen LogP contribution in [0.4, 0.5) is 5.69 Å². The topological polar surface area (TPSA) is 49.4 Å². The highest BCUT2D eigenvalue weighted by Gasteiger charge is 2.35. The van der Waals surface area contributed by atoms with Gasteiger partial charge in [-0.25, -0.2) is 0 Å². The number of fused-ring (bicyclic) bond motifs is 1. The maximum atomic E-state index is 12.3. The molecular weight excluding hydrogens is 264 g/mol. The molecule has 4 heteroatoms. The first kappa shape index (κ1) is 14.1. The zero-order valence-corrected chi connectivity index (χ0v) is 12.7. The summed E-state index contributed by atoms with van der Waals surface area (Å²) in [7, 11) is 0. The number of aryl methyl sites for hydroxylation is 2. The standard InChI is InChI=1S/C17H22N2O2/c1-11(2)19-10-14(9-16(19)20)17(21)18-15-7-6-12-4-3-5-13(12)8-15/h6-8,11,14H,3-5,9-10H2,1-2H3,(H,18,21)/t14-/m0/s1. The molecule has 1 heterocycles. The van der Waals surface area contributed by atoms with Gasteiger partial charge in [-0.1, -0.05) is 6.07 Å². The van der Waals surface area contributed by atoms with Crippen molar-refractivity contribution in [3.63, 3.8) is 0 Å². The van der Waals surface area contributed by atoms with Crippen LogP contribution >= 0.6 is 0 Å². The molecule has 1 saturated heterocycles. The summed E-state index contributed by atoms with van der Waals surface area (Å²) in [6.07, 6.45) is 3.77. The number of rotatable bonds is 3. The number of anilines is 1. The Hall–Kier alpha value is -1.84. The number of carbonyl (C=O) groups excluding carboxylic acids is 2. The summed E-state index contributed by atoms with van der Waals surface area (Å²) in [6.45, 7) is 4.50. The summed E-state index contributed by atoms with van der Waals surface area (Å²) in [6, 6.07) is 6.32. The molecule has 1 aliphatic carbocycles. The molecule has 1 atom stereocenters. The first-order valence-electron chi connectivity index (χ1n) is 7.76. The maximum absolute atomic E-state index is 12.3. The number of nitrogens with one attached hydrogen (secondary N) is 1. The number of hydrogen-bond donors (Lipinski definition) is 1. The number of hydrogen-bond acceptors (Lipinski definition) is 2. The van der Waals surface area contributed by atoms with Crippen molar-refractivity contribution in [1.29, 1.82) is 0 Å². The molecule has 1 N–H and O–H groups in total. The van der Waals surface area contributed by atoms with Gasteiger partial charge >= 0.3 is 0 Å². The maximum Gasteiger partial charge on any atom is 0.229 e. The minimum absolute atomic E-state index is 0.0375. The number of likely N-dealkylation sites (tertiary alicyclic amines) is 1. The van der Waals surface area contributed by atoms with Crippen molar-refractivity contribution in [2.45, 2.75) is 45.6 Å². The van der Waals surface area contributed by atoms with Crippen LogP contribution in [0.25, 0.3) is 0 Å². The van der Waals surface area contributed by atoms with E-state index >= 15 is 0 Å². The van der Waals surface area contributed by atoms with Gasteiger partial charge in [0.15, 0.2) is 0 Å². The van der Waals surface area contributed by atoms with Crippen molar-refractivity contribution in [2.24, 2.45) is 5.92 Å². The molecule has 3 rings (SSSR count). The van der Waals surface area contributed by atoms with Gasteiger partial charge in [0.05, 0.1) is 5.92 Å². The lowest BCUT2D eigenvalue weighted by atomic mass is 10.1. The number of benzene rings is 1. The van der Waals surface area contributed by atoms with E-state index in [9.17, 15) is 9.59 Å². The predicted octanol–water partition coefficient (Wildman–Crippen LogP) is 2.37. The summed E-state index contributed by atoms with van der Waals surface area (Å²) in [5, 5.41) is 2.98. The van der Waals surface area contributed by atoms with Crippen LogP contribution in [0.1, 0.15) is 37.8 Å². The van der Waals surface area contributed by atoms with Crippen LogP contribution in [0.5, 0.6) is 0 Å². The van der Waals surface area contributed by atoms with Crippen LogP contribution in [0.2, 0.25) is 0 Å². The Morgan fingerprint density at radius 2 is 2.05 bits per heavy atom. The highest BCUT2D eigenvalue weighted by molar-refractivity contribution is 5.97. The Balaban J connectivity index is 1.66. The Kier molecular flexibility index (Phi) is 3.70. The van der Waals surface area contributed by atoms with Crippen LogP contribution in [-0.4, -0.2) is 29.3 Å². The molecule has 4 nitrogen and oxygen atoms in total. The van der Waals surface area contributed by atoms with Crippen molar-refractivity contribution >= 4 is 17.5 Å². The fourth-order valence-electron chi connectivity index (χ4n) is 3.30. The second kappa shape index (κ2) is 5.51. The first-order valence-corrected chi connectivity index (χ1v) is 7.76. The van der Waals surface area contributed by atoms with Gasteiger partial charge in [0.2, 0.25) is 11.8 Å². The lowest BCUT2D eigenvalue weighted by Gasteiger charge is -2.20. The van der Waals surface area contributed by atoms with Crippen LogP contribution < -0.4 is 5.32 Å². The molecule has 0 spiro atoms. The van der Waals surface area contributed by atoms with Gasteiger partial charge in [-0.05, 0) is 56.4 Å². The SMILES string of the molecule is CC(C)N1C[C@@H](C(=O)Nc2ccc3c(c2)CCC3)CC1=O. The van der Waals surface area contributed by atoms with E-state index in [-0.39, 0.29) is 23.8 Å². The Morgan fingerprint density at radius 1 is 1.29 bits per heavy atom. The molecule has 0 aromatic heterocycles. The molecule has 1 fully saturated rings. The number of amides is 2. The van der Waals surface area contributed by atoms with Crippen molar-refractivity contribution in [3.05, 3.63) is 29.3 Å². The third kappa shape index (κ3) is 2.80. The predicted molar refractivity (Wildman–Crippen MR) is 82.1 cm³/mol. The molecule has 21 heavy (non-hydrogen) atoms. The highest BCUT2D eigenvalue weighted by atomic mass is 16.2. The zero-order valence-electron chi connectivity index (χ0n) is 12.7. The lowest BCUT2D eigenvalue weighted by molar-refractivity contribution is -0.129. The van der Waals surface area contributed by atoms with Crippen molar-refractivity contribution < 1.29 is 9.59 Å². The van der Waals surface area contributed by atoms with Crippen molar-refractivity contribution in [1.82, 2.24) is 4.90 Å². The average Bonchev–Trinajstić information content (AvgIpc) is 3.04. The Morgan fingerprint density at radius 3 is 2.76 bits per heavy atom. The molecule has 112 valence electrons. The molecule has 1 aromatic carbocycles. The molecule has 0 saturated carbocycles. The van der Waals surface area contributed by atoms with Crippen LogP contribution in [0.15, 0.2) is 18.2 Å². The second-order valence-electron chi connectivity index (χ2n) is 6.37. The quantitative estimate of drug-likeness (QED) is 0.927. The molecule has 0 bridgehead atoms. The molecular formula is C17H22N2O2. The van der Waals surface area contributed by atoms with E-state index in [4.69, 9.17) is 0 Å². The van der Waals surface area contributed by atoms with E-state index in [1.807, 2.05) is 19.9 Å². The van der Waals surface area contributed by atoms with Crippen molar-refractivity contribution in [2.75, 3.05) is 11.9 Å². The van der Waals surface area contributed by atoms with Gasteiger partial charge < -0.3 is 10.2 Å². The third-order valence-electron chi connectivity index (χ3n) is 4.52. The Bertz CT molecular complexity index is 580. The highest BCUT2D eigenvalue weighted by Crippen LogP contribution is 2.26. The van der Waals surface area contributed by atoms with E-state index in [2.05, 4.69) is 17.4 Å². The average molecular weight is 286 g/mol. The van der Waals surface area contributed by atoms with E-state index in [0.29, 0.717) is 13.0 Å². The number of carbonyl (C=O) groups is 2. The monoisotopic (exact) mass is 286 g/mol. The molecule has 2 amide bonds. The van der Waals surface area contributed by atoms with Crippen LogP contribution in [-0.2, 0) is 22.4 Å². The summed E-state index contributed by atoms with van der Waals surface area (Å²) in [4.78, 5) is 26.0. The van der Waals surface area contributed by atoms with Gasteiger partial charge in [-0.2, -0.15) is 0 Å². The normalized spacial score (nSPS) is 21.0. The van der Waals surface area contributed by atoms with Gasteiger partial charge in [0.25, 0.3) is 0 Å². The van der Waals surface area contributed by atoms with Gasteiger partial charge in [0.1, 0.15) is 0 Å². The van der Waals surface area contributed by atoms with E-state index < -0.39 is 0 Å². The zero-order chi connectivity index (χ0) is 15.0. The Labute approximate surface area is 125 Å². The number of nitrogens with zero attached hydrogens (tertiary/aromatic N) is 1. The molecule has 2 aliphatic rings. The fourth-order valence-corrected chi connectivity index (χ4v) is 3.30. The molecule has 1 aliphatic heterocycles. The minimum atomic E-state index is -0.229. The molecule has 0 radical (unpaired) electrons. The van der Waals surface area contributed by atoms with Gasteiger partial charge in [0, 0.05) is 24.7 Å². The van der Waals surface area contributed by atoms with E-state index in [1.165, 1.54) is 17.5 Å². The molecule has 0 unspecified atom stereocenters. The third-order valence-corrected chi connectivity index (χ3v) is 4.52. The minimum Gasteiger partial charge on any atom is -0.339 e. The summed E-state index contributed by atoms with van der Waals surface area (Å²) >= 11 is 0. The largest absolute Gasteiger partial charge is 0.339 e. The lowest BCUT2D eigenvalue weighted by Crippen LogP contribution is -2.33. The van der Waals surface area contributed by atoms with Crippen LogP contribution in [0, 0.1) is 5.92 Å². The summed E-state index contributed by atoms with van der Waals surface area (Å²) in [5.41, 5.74) is 3.60. The smallest absolute Gasteiger partial charge is 0.229 e. The van der Waals surface area contributed by atoms with Crippen molar-refractivity contribution in [3.8, 4) is 0 Å². The summed E-state index contributed by atoms with van der Waals surface area (Å²) in [5.74, 6) is -0.184. The first-order chi connectivity index (χ1) is 10.0. The van der Waals surface area contributed by atoms with Crippen LogP contribution in [0.3, 0.4) is 0 Å². The van der Waals surface area contributed by atoms with Gasteiger partial charge in [-0.3, -0.25) is 9.59 Å². The summed E-state index contributed by atoms with van der Waals surface area (Å²) < 4.78 is 0. The van der Waals surface area contributed by atoms with E-state index in [1.54, 1.807) is 4.90 Å². The van der Waals surface area contributed by atoms with E-state index in [0.717, 1.165) is 18.5 Å². The fraction of sp³-hybridized carbons (Fsp3) is 0.529. The van der Waals surface area contributed by atoms with Gasteiger partial charge in [-0.15, -0.1) is 0 Å². The second-order valence-corrected chi connectivity index (χ2v) is 6.37.